The monoisotopic (exact) mass is 250 g/mol. The Kier molecular flexibility index (Phi) is 6.16. The molecule has 0 saturated carbocycles. The molecule has 102 valence electrons. The third-order valence-corrected chi connectivity index (χ3v) is 3.52. The summed E-state index contributed by atoms with van der Waals surface area (Å²) in [6.45, 7) is 6.55. The summed E-state index contributed by atoms with van der Waals surface area (Å²) in [5.41, 5.74) is 5.43. The van der Waals surface area contributed by atoms with E-state index in [-0.39, 0.29) is 0 Å². The zero-order valence-electron chi connectivity index (χ0n) is 12.0. The molecule has 1 rings (SSSR count). The van der Waals surface area contributed by atoms with Crippen LogP contribution in [0.3, 0.4) is 0 Å². The molecular formula is C15H26N2O. The molecule has 3 N–H and O–H groups in total. The molecule has 0 heterocycles. The van der Waals surface area contributed by atoms with Crippen LogP contribution in [0.1, 0.15) is 37.8 Å². The van der Waals surface area contributed by atoms with Crippen molar-refractivity contribution in [1.29, 1.82) is 0 Å². The molecule has 0 radical (unpaired) electrons. The lowest BCUT2D eigenvalue weighted by molar-refractivity contribution is 0.349. The minimum absolute atomic E-state index is 0.292. The maximum atomic E-state index is 5.69. The van der Waals surface area contributed by atoms with Crippen molar-refractivity contribution >= 4 is 0 Å². The molecule has 0 aliphatic rings. The third kappa shape index (κ3) is 4.00. The van der Waals surface area contributed by atoms with Crippen LogP contribution in [-0.4, -0.2) is 13.2 Å². The lowest BCUT2D eigenvalue weighted by Crippen LogP contribution is -2.41. The van der Waals surface area contributed by atoms with Crippen molar-refractivity contribution < 1.29 is 4.74 Å². The second-order valence-electron chi connectivity index (χ2n) is 5.06. The van der Waals surface area contributed by atoms with Crippen LogP contribution in [0.4, 0.5) is 0 Å². The van der Waals surface area contributed by atoms with Gasteiger partial charge in [-0.05, 0) is 37.3 Å². The van der Waals surface area contributed by atoms with E-state index in [0.29, 0.717) is 12.0 Å². The van der Waals surface area contributed by atoms with E-state index >= 15 is 0 Å². The number of hydrazine groups is 1. The van der Waals surface area contributed by atoms with E-state index in [1.165, 1.54) is 24.0 Å². The molecule has 2 unspecified atom stereocenters. The summed E-state index contributed by atoms with van der Waals surface area (Å²) in [5, 5.41) is 0. The maximum absolute atomic E-state index is 5.69. The normalized spacial score (nSPS) is 14.3. The van der Waals surface area contributed by atoms with Crippen molar-refractivity contribution in [3.05, 3.63) is 29.3 Å². The van der Waals surface area contributed by atoms with Gasteiger partial charge in [0.15, 0.2) is 0 Å². The van der Waals surface area contributed by atoms with Crippen LogP contribution in [0.2, 0.25) is 0 Å². The maximum Gasteiger partial charge on any atom is 0.122 e. The molecular weight excluding hydrogens is 224 g/mol. The van der Waals surface area contributed by atoms with Gasteiger partial charge in [0.05, 0.1) is 7.11 Å². The Bertz CT molecular complexity index is 366. The van der Waals surface area contributed by atoms with Gasteiger partial charge in [0.25, 0.3) is 0 Å². The van der Waals surface area contributed by atoms with E-state index in [9.17, 15) is 0 Å². The molecule has 1 aromatic rings. The highest BCUT2D eigenvalue weighted by Crippen LogP contribution is 2.23. The van der Waals surface area contributed by atoms with Crippen molar-refractivity contribution in [2.45, 2.75) is 46.1 Å². The van der Waals surface area contributed by atoms with E-state index in [1.54, 1.807) is 7.11 Å². The van der Waals surface area contributed by atoms with Crippen LogP contribution in [0.25, 0.3) is 0 Å². The molecule has 2 atom stereocenters. The summed E-state index contributed by atoms with van der Waals surface area (Å²) in [6, 6.07) is 6.58. The Labute approximate surface area is 111 Å². The molecule has 0 saturated heterocycles. The Hall–Kier alpha value is -1.06. The minimum Gasteiger partial charge on any atom is -0.496 e. The molecule has 0 aromatic heterocycles. The molecule has 0 fully saturated rings. The van der Waals surface area contributed by atoms with Crippen molar-refractivity contribution in [2.24, 2.45) is 11.8 Å². The summed E-state index contributed by atoms with van der Waals surface area (Å²) in [7, 11) is 1.72. The van der Waals surface area contributed by atoms with Crippen LogP contribution in [-0.2, 0) is 6.42 Å². The summed E-state index contributed by atoms with van der Waals surface area (Å²) in [5.74, 6) is 7.20. The van der Waals surface area contributed by atoms with Crippen LogP contribution < -0.4 is 16.0 Å². The Morgan fingerprint density at radius 1 is 1.39 bits per heavy atom. The molecule has 18 heavy (non-hydrogen) atoms. The first-order valence-corrected chi connectivity index (χ1v) is 6.72. The van der Waals surface area contributed by atoms with E-state index in [2.05, 4.69) is 38.3 Å². The summed E-state index contributed by atoms with van der Waals surface area (Å²) >= 11 is 0. The topological polar surface area (TPSA) is 47.3 Å². The first-order chi connectivity index (χ1) is 8.62. The molecule has 0 aliphatic heterocycles. The van der Waals surface area contributed by atoms with Crippen LogP contribution in [0.15, 0.2) is 18.2 Å². The molecule has 0 bridgehead atoms. The number of nitrogens with two attached hydrogens (primary N) is 1. The van der Waals surface area contributed by atoms with Crippen LogP contribution >= 0.6 is 0 Å². The van der Waals surface area contributed by atoms with Gasteiger partial charge in [-0.1, -0.05) is 38.0 Å². The largest absolute Gasteiger partial charge is 0.496 e. The number of ether oxygens (including phenoxy) is 1. The Balaban J connectivity index is 2.83. The van der Waals surface area contributed by atoms with Gasteiger partial charge in [-0.15, -0.1) is 0 Å². The number of nitrogens with one attached hydrogen (secondary N) is 1. The lowest BCUT2D eigenvalue weighted by atomic mass is 9.91. The number of hydrogen-bond donors (Lipinski definition) is 2. The second-order valence-corrected chi connectivity index (χ2v) is 5.06. The SMILES string of the molecule is CCCC(C)C(Cc1cc(C)ccc1OC)NN. The molecule has 3 nitrogen and oxygen atoms in total. The third-order valence-electron chi connectivity index (χ3n) is 3.52. The smallest absolute Gasteiger partial charge is 0.122 e. The quantitative estimate of drug-likeness (QED) is 0.578. The van der Waals surface area contributed by atoms with Gasteiger partial charge in [0.2, 0.25) is 0 Å². The number of rotatable bonds is 7. The average molecular weight is 250 g/mol. The first kappa shape index (κ1) is 15.0. The van der Waals surface area contributed by atoms with Gasteiger partial charge >= 0.3 is 0 Å². The highest BCUT2D eigenvalue weighted by atomic mass is 16.5. The Morgan fingerprint density at radius 2 is 2.11 bits per heavy atom. The highest BCUT2D eigenvalue weighted by molar-refractivity contribution is 5.37. The van der Waals surface area contributed by atoms with E-state index in [0.717, 1.165) is 12.2 Å². The number of aryl methyl sites for hydroxylation is 1. The minimum atomic E-state index is 0.292. The van der Waals surface area contributed by atoms with Crippen molar-refractivity contribution in [2.75, 3.05) is 7.11 Å². The highest BCUT2D eigenvalue weighted by Gasteiger charge is 2.17. The predicted molar refractivity (Wildman–Crippen MR) is 76.6 cm³/mol. The molecule has 0 amide bonds. The van der Waals surface area contributed by atoms with Crippen molar-refractivity contribution in [1.82, 2.24) is 5.43 Å². The lowest BCUT2D eigenvalue weighted by Gasteiger charge is -2.24. The van der Waals surface area contributed by atoms with Crippen molar-refractivity contribution in [3.63, 3.8) is 0 Å². The number of benzene rings is 1. The number of methoxy groups -OCH3 is 1. The average Bonchev–Trinajstić information content (AvgIpc) is 2.36. The van der Waals surface area contributed by atoms with Gasteiger partial charge in [-0.3, -0.25) is 11.3 Å². The fraction of sp³-hybridized carbons (Fsp3) is 0.600. The molecule has 3 heteroatoms. The first-order valence-electron chi connectivity index (χ1n) is 6.72. The molecule has 0 aliphatic carbocycles. The zero-order valence-corrected chi connectivity index (χ0v) is 12.0. The van der Waals surface area contributed by atoms with Gasteiger partial charge in [0, 0.05) is 6.04 Å². The number of hydrogen-bond acceptors (Lipinski definition) is 3. The second kappa shape index (κ2) is 7.39. The Morgan fingerprint density at radius 3 is 2.67 bits per heavy atom. The van der Waals surface area contributed by atoms with Gasteiger partial charge in [-0.25, -0.2) is 0 Å². The van der Waals surface area contributed by atoms with Gasteiger partial charge in [0.1, 0.15) is 5.75 Å². The van der Waals surface area contributed by atoms with Crippen molar-refractivity contribution in [3.8, 4) is 5.75 Å². The van der Waals surface area contributed by atoms with Crippen LogP contribution in [0, 0.1) is 12.8 Å². The molecule has 1 aromatic carbocycles. The fourth-order valence-corrected chi connectivity index (χ4v) is 2.38. The van der Waals surface area contributed by atoms with E-state index in [4.69, 9.17) is 10.6 Å². The fourth-order valence-electron chi connectivity index (χ4n) is 2.38. The van der Waals surface area contributed by atoms with E-state index < -0.39 is 0 Å². The zero-order chi connectivity index (χ0) is 13.5. The van der Waals surface area contributed by atoms with E-state index in [1.807, 2.05) is 6.07 Å². The van der Waals surface area contributed by atoms with Gasteiger partial charge in [-0.2, -0.15) is 0 Å². The summed E-state index contributed by atoms with van der Waals surface area (Å²) in [6.07, 6.45) is 3.27. The van der Waals surface area contributed by atoms with Gasteiger partial charge < -0.3 is 4.74 Å². The standard InChI is InChI=1S/C15H26N2O/c1-5-6-12(3)14(17-16)10-13-9-11(2)7-8-15(13)18-4/h7-9,12,14,17H,5-6,10,16H2,1-4H3. The summed E-state index contributed by atoms with van der Waals surface area (Å²) in [4.78, 5) is 0. The molecule has 0 spiro atoms. The van der Waals surface area contributed by atoms with Crippen LogP contribution in [0.5, 0.6) is 5.75 Å². The summed E-state index contributed by atoms with van der Waals surface area (Å²) < 4.78 is 5.42. The predicted octanol–water partition coefficient (Wildman–Crippen LogP) is 2.81.